The first-order chi connectivity index (χ1) is 9.50. The van der Waals surface area contributed by atoms with E-state index in [-0.39, 0.29) is 17.8 Å². The van der Waals surface area contributed by atoms with Crippen molar-refractivity contribution in [1.82, 2.24) is 4.90 Å². The second kappa shape index (κ2) is 5.92. The molecule has 1 aromatic carbocycles. The van der Waals surface area contributed by atoms with Gasteiger partial charge in [0.1, 0.15) is 5.82 Å². The number of carbonyl (C=O) groups is 1. The van der Waals surface area contributed by atoms with Crippen LogP contribution in [0.5, 0.6) is 0 Å². The predicted octanol–water partition coefficient (Wildman–Crippen LogP) is 2.83. The van der Waals surface area contributed by atoms with Gasteiger partial charge in [-0.25, -0.2) is 4.39 Å². The second-order valence-electron chi connectivity index (χ2n) is 5.66. The van der Waals surface area contributed by atoms with Crippen LogP contribution in [0.1, 0.15) is 45.1 Å². The van der Waals surface area contributed by atoms with Crippen LogP contribution < -0.4 is 5.73 Å². The summed E-state index contributed by atoms with van der Waals surface area (Å²) in [7, 11) is 0. The summed E-state index contributed by atoms with van der Waals surface area (Å²) in [4.78, 5) is 14.5. The summed E-state index contributed by atoms with van der Waals surface area (Å²) in [6.07, 6.45) is 3.28. The van der Waals surface area contributed by atoms with Crippen LogP contribution in [0.15, 0.2) is 24.3 Å². The van der Waals surface area contributed by atoms with E-state index in [1.807, 2.05) is 24.8 Å². The van der Waals surface area contributed by atoms with Gasteiger partial charge in [0.15, 0.2) is 0 Å². The number of amides is 1. The Morgan fingerprint density at radius 1 is 1.40 bits per heavy atom. The molecule has 0 spiro atoms. The molecule has 2 rings (SSSR count). The van der Waals surface area contributed by atoms with E-state index < -0.39 is 5.54 Å². The Balaban J connectivity index is 2.17. The molecule has 1 aromatic rings. The van der Waals surface area contributed by atoms with Crippen molar-refractivity contribution in [3.05, 3.63) is 35.6 Å². The number of rotatable bonds is 6. The molecule has 4 heteroatoms. The van der Waals surface area contributed by atoms with Gasteiger partial charge in [0, 0.05) is 12.6 Å². The fraction of sp³-hybridized carbons (Fsp3) is 0.562. The van der Waals surface area contributed by atoms with Crippen LogP contribution in [-0.4, -0.2) is 22.4 Å². The van der Waals surface area contributed by atoms with Crippen LogP contribution in [0, 0.1) is 5.82 Å². The summed E-state index contributed by atoms with van der Waals surface area (Å²) in [6.45, 7) is 4.32. The van der Waals surface area contributed by atoms with E-state index in [0.29, 0.717) is 19.4 Å². The Bertz CT molecular complexity index is 481. The number of carbonyl (C=O) groups excluding carboxylic acids is 1. The molecule has 0 bridgehead atoms. The Morgan fingerprint density at radius 3 is 2.55 bits per heavy atom. The molecule has 0 radical (unpaired) electrons. The minimum absolute atomic E-state index is 0.00531. The van der Waals surface area contributed by atoms with E-state index in [0.717, 1.165) is 18.4 Å². The first kappa shape index (κ1) is 15.0. The molecule has 1 aliphatic rings. The molecule has 0 unspecified atom stereocenters. The van der Waals surface area contributed by atoms with E-state index in [9.17, 15) is 9.18 Å². The lowest BCUT2D eigenvalue weighted by Crippen LogP contribution is -2.55. The Labute approximate surface area is 120 Å². The van der Waals surface area contributed by atoms with Crippen LogP contribution >= 0.6 is 0 Å². The quantitative estimate of drug-likeness (QED) is 0.869. The van der Waals surface area contributed by atoms with Gasteiger partial charge in [-0.2, -0.15) is 0 Å². The lowest BCUT2D eigenvalue weighted by Gasteiger charge is -2.33. The predicted molar refractivity (Wildman–Crippen MR) is 77.5 cm³/mol. The summed E-state index contributed by atoms with van der Waals surface area (Å²) in [6, 6.07) is 6.70. The minimum atomic E-state index is -0.796. The standard InChI is InChI=1S/C16H23FN2O/c1-3-16(18,4-2)15(20)19(14-8-9-14)11-12-6-5-7-13(17)10-12/h5-7,10,14H,3-4,8-9,11,18H2,1-2H3. The third-order valence-corrected chi connectivity index (χ3v) is 4.18. The summed E-state index contributed by atoms with van der Waals surface area (Å²) in [5, 5.41) is 0. The van der Waals surface area contributed by atoms with Crippen molar-refractivity contribution in [2.24, 2.45) is 5.73 Å². The Morgan fingerprint density at radius 2 is 2.05 bits per heavy atom. The van der Waals surface area contributed by atoms with E-state index >= 15 is 0 Å². The fourth-order valence-electron chi connectivity index (χ4n) is 2.42. The molecule has 0 atom stereocenters. The molecule has 2 N–H and O–H groups in total. The van der Waals surface area contributed by atoms with E-state index in [4.69, 9.17) is 5.73 Å². The average Bonchev–Trinajstić information content (AvgIpc) is 3.28. The van der Waals surface area contributed by atoms with E-state index in [2.05, 4.69) is 0 Å². The van der Waals surface area contributed by atoms with Crippen LogP contribution in [0.2, 0.25) is 0 Å². The van der Waals surface area contributed by atoms with Crippen LogP contribution in [0.4, 0.5) is 4.39 Å². The summed E-state index contributed by atoms with van der Waals surface area (Å²) in [5.41, 5.74) is 6.25. The van der Waals surface area contributed by atoms with Crippen molar-refractivity contribution in [3.8, 4) is 0 Å². The van der Waals surface area contributed by atoms with Gasteiger partial charge in [-0.15, -0.1) is 0 Å². The molecule has 0 aromatic heterocycles. The maximum atomic E-state index is 13.3. The third kappa shape index (κ3) is 3.18. The molecule has 110 valence electrons. The van der Waals surface area contributed by atoms with Gasteiger partial charge >= 0.3 is 0 Å². The lowest BCUT2D eigenvalue weighted by molar-refractivity contribution is -0.138. The zero-order valence-electron chi connectivity index (χ0n) is 12.2. The molecule has 0 saturated heterocycles. The van der Waals surface area contributed by atoms with Crippen molar-refractivity contribution >= 4 is 5.91 Å². The highest BCUT2D eigenvalue weighted by molar-refractivity contribution is 5.86. The Kier molecular flexibility index (Phi) is 4.43. The van der Waals surface area contributed by atoms with Crippen LogP contribution in [-0.2, 0) is 11.3 Å². The molecule has 20 heavy (non-hydrogen) atoms. The van der Waals surface area contributed by atoms with Gasteiger partial charge in [-0.3, -0.25) is 4.79 Å². The molecular weight excluding hydrogens is 255 g/mol. The molecular formula is C16H23FN2O. The first-order valence-electron chi connectivity index (χ1n) is 7.34. The summed E-state index contributed by atoms with van der Waals surface area (Å²) >= 11 is 0. The fourth-order valence-corrected chi connectivity index (χ4v) is 2.42. The molecule has 1 aliphatic carbocycles. The van der Waals surface area contributed by atoms with E-state index in [1.54, 1.807) is 6.07 Å². The van der Waals surface area contributed by atoms with E-state index in [1.165, 1.54) is 12.1 Å². The maximum Gasteiger partial charge on any atom is 0.243 e. The van der Waals surface area contributed by atoms with Crippen LogP contribution in [0.3, 0.4) is 0 Å². The zero-order valence-corrected chi connectivity index (χ0v) is 12.2. The third-order valence-electron chi connectivity index (χ3n) is 4.18. The molecule has 1 saturated carbocycles. The van der Waals surface area contributed by atoms with Gasteiger partial charge in [0.05, 0.1) is 5.54 Å². The highest BCUT2D eigenvalue weighted by Gasteiger charge is 2.40. The molecule has 0 heterocycles. The first-order valence-corrected chi connectivity index (χ1v) is 7.34. The minimum Gasteiger partial charge on any atom is -0.334 e. The zero-order chi connectivity index (χ0) is 14.8. The molecule has 1 amide bonds. The number of hydrogen-bond acceptors (Lipinski definition) is 2. The smallest absolute Gasteiger partial charge is 0.243 e. The number of halogens is 1. The summed E-state index contributed by atoms with van der Waals surface area (Å²) in [5.74, 6) is -0.273. The number of nitrogens with zero attached hydrogens (tertiary/aromatic N) is 1. The lowest BCUT2D eigenvalue weighted by atomic mass is 9.92. The molecule has 0 aliphatic heterocycles. The number of benzene rings is 1. The van der Waals surface area contributed by atoms with Crippen molar-refractivity contribution in [1.29, 1.82) is 0 Å². The number of hydrogen-bond donors (Lipinski definition) is 1. The Hall–Kier alpha value is -1.42. The normalized spacial score (nSPS) is 15.2. The SMILES string of the molecule is CCC(N)(CC)C(=O)N(Cc1cccc(F)c1)C1CC1. The number of nitrogens with two attached hydrogens (primary N) is 1. The van der Waals surface area contributed by atoms with Gasteiger partial charge in [0.25, 0.3) is 0 Å². The monoisotopic (exact) mass is 278 g/mol. The summed E-state index contributed by atoms with van der Waals surface area (Å²) < 4.78 is 13.3. The second-order valence-corrected chi connectivity index (χ2v) is 5.66. The highest BCUT2D eigenvalue weighted by Crippen LogP contribution is 2.31. The van der Waals surface area contributed by atoms with Gasteiger partial charge in [0.2, 0.25) is 5.91 Å². The highest BCUT2D eigenvalue weighted by atomic mass is 19.1. The van der Waals surface area contributed by atoms with Crippen molar-refractivity contribution < 1.29 is 9.18 Å². The largest absolute Gasteiger partial charge is 0.334 e. The average molecular weight is 278 g/mol. The molecule has 1 fully saturated rings. The molecule has 3 nitrogen and oxygen atoms in total. The van der Waals surface area contributed by atoms with Gasteiger partial charge < -0.3 is 10.6 Å². The van der Waals surface area contributed by atoms with Gasteiger partial charge in [-0.1, -0.05) is 26.0 Å². The van der Waals surface area contributed by atoms with Crippen molar-refractivity contribution in [3.63, 3.8) is 0 Å². The van der Waals surface area contributed by atoms with Crippen LogP contribution in [0.25, 0.3) is 0 Å². The van der Waals surface area contributed by atoms with Crippen molar-refractivity contribution in [2.75, 3.05) is 0 Å². The topological polar surface area (TPSA) is 46.3 Å². The van der Waals surface area contributed by atoms with Gasteiger partial charge in [-0.05, 0) is 43.4 Å². The van der Waals surface area contributed by atoms with Crippen molar-refractivity contribution in [2.45, 2.75) is 57.7 Å². The maximum absolute atomic E-state index is 13.3.